The number of aromatic nitrogens is 6. The number of anilines is 18. The van der Waals surface area contributed by atoms with Crippen LogP contribution in [0.5, 0.6) is 0 Å². The summed E-state index contributed by atoms with van der Waals surface area (Å²) in [5.74, 6) is 2.71. The quantitative estimate of drug-likeness (QED) is 0.148. The predicted molar refractivity (Wildman–Crippen MR) is 587 cm³/mol. The van der Waals surface area contributed by atoms with Crippen LogP contribution in [-0.2, 0) is 32.9 Å². The molecule has 29 rings (SSSR count). The second-order valence-electron chi connectivity index (χ2n) is 40.6. The van der Waals surface area contributed by atoms with E-state index in [9.17, 15) is 0 Å². The van der Waals surface area contributed by atoms with E-state index in [1.165, 1.54) is 118 Å². The van der Waals surface area contributed by atoms with Gasteiger partial charge in [0.15, 0.2) is 0 Å². The Hall–Kier alpha value is -17.6. The van der Waals surface area contributed by atoms with Gasteiger partial charge in [0.25, 0.3) is 0 Å². The van der Waals surface area contributed by atoms with E-state index in [4.69, 9.17) is 15.0 Å². The van der Waals surface area contributed by atoms with Gasteiger partial charge in [-0.05, 0) is 226 Å². The maximum Gasteiger partial charge on any atom is 0.217 e. The lowest BCUT2D eigenvalue weighted by atomic mass is 9.73. The summed E-state index contributed by atoms with van der Waals surface area (Å²) in [5.41, 5.74) is 40.5. The Bertz CT molecular complexity index is 8340. The fourth-order valence-corrected chi connectivity index (χ4v) is 25.2. The number of rotatable bonds is 8. The molecule has 6 aliphatic heterocycles. The van der Waals surface area contributed by atoms with Crippen LogP contribution < -0.4 is 29.4 Å². The van der Waals surface area contributed by atoms with Gasteiger partial charge in [0.05, 0.1) is 89.8 Å². The van der Waals surface area contributed by atoms with E-state index in [2.05, 4.69) is 572 Å². The third-order valence-electron chi connectivity index (χ3n) is 31.6. The Morgan fingerprint density at radius 1 is 0.168 bits per heavy atom. The molecule has 22 aromatic rings. The lowest BCUT2D eigenvalue weighted by Gasteiger charge is -2.47. The first-order valence-electron chi connectivity index (χ1n) is 49.7. The fourth-order valence-electron chi connectivity index (χ4n) is 25.2. The van der Waals surface area contributed by atoms with Crippen molar-refractivity contribution in [2.45, 2.75) is 88.3 Å². The zero-order chi connectivity index (χ0) is 96.0. The highest BCUT2D eigenvalue weighted by Gasteiger charge is 2.55. The minimum absolute atomic E-state index is 0.0964. The third kappa shape index (κ3) is 12.2. The average molecular weight is 1840 g/mol. The molecule has 0 atom stereocenters. The van der Waals surface area contributed by atoms with Crippen molar-refractivity contribution in [2.75, 3.05) is 29.4 Å². The maximum atomic E-state index is 5.48. The molecule has 9 heterocycles. The minimum atomic E-state index is -0.715. The molecule has 7 aliphatic rings. The Balaban J connectivity index is 0.000000108. The lowest BCUT2D eigenvalue weighted by molar-refractivity contribution is 0.442. The first kappa shape index (κ1) is 84.7. The smallest absolute Gasteiger partial charge is 0.217 e. The van der Waals surface area contributed by atoms with Gasteiger partial charge in [-0.2, -0.15) is 0 Å². The second kappa shape index (κ2) is 32.0. The van der Waals surface area contributed by atoms with Crippen LogP contribution in [0, 0.1) is 0 Å². The predicted octanol–water partition coefficient (Wildman–Crippen LogP) is 33.2. The summed E-state index contributed by atoms with van der Waals surface area (Å²) in [6.45, 7) is 18.6. The Morgan fingerprint density at radius 3 is 0.734 bits per heavy atom. The number of imidazole rings is 3. The SMILES string of the molecule is CC1(C)c2ccccc2N(c2ccc3c(c2)N(c2ccccc2)c2nc4ccccc4n2C3(C)C)c2ccccc21.CC1(C)c2ccccc2N(c2ccc3c(c2)N(c2ccccc2)c2nc4ccccc4n2C3(c2ccccc2)c2ccccc2)c2ccccc21.CC1(C)c2ccccc2N(c2ccc3c(c2)N(c2ccccc2)c2nc4ccccc4n2C32c3ccccc3-c3ccccc32)c2ccccc21. The molecule has 0 amide bonds. The van der Waals surface area contributed by atoms with Crippen LogP contribution in [0.25, 0.3) is 44.2 Å². The van der Waals surface area contributed by atoms with Crippen LogP contribution in [0.2, 0.25) is 0 Å². The summed E-state index contributed by atoms with van der Waals surface area (Å²) in [7, 11) is 0. The second-order valence-corrected chi connectivity index (χ2v) is 40.6. The van der Waals surface area contributed by atoms with Crippen LogP contribution in [0.3, 0.4) is 0 Å². The molecule has 0 fully saturated rings. The topological polar surface area (TPSA) is 72.9 Å². The number of hydrogen-bond donors (Lipinski definition) is 0. The third-order valence-corrected chi connectivity index (χ3v) is 31.6. The van der Waals surface area contributed by atoms with Gasteiger partial charge >= 0.3 is 0 Å². The molecular formula is C131H102N12. The minimum Gasteiger partial charge on any atom is -0.310 e. The van der Waals surface area contributed by atoms with Gasteiger partial charge in [-0.15, -0.1) is 0 Å². The van der Waals surface area contributed by atoms with Crippen LogP contribution in [-0.4, -0.2) is 28.7 Å². The normalized spacial score (nSPS) is 15.5. The molecule has 686 valence electrons. The number of hydrogen-bond acceptors (Lipinski definition) is 9. The molecule has 1 aliphatic carbocycles. The number of fused-ring (bicyclic) bond motifs is 25. The molecule has 0 unspecified atom stereocenters. The molecule has 0 radical (unpaired) electrons. The summed E-state index contributed by atoms with van der Waals surface area (Å²) in [4.78, 5) is 30.6. The zero-order valence-electron chi connectivity index (χ0n) is 80.9. The van der Waals surface area contributed by atoms with Gasteiger partial charge in [-0.25, -0.2) is 15.0 Å². The van der Waals surface area contributed by atoms with E-state index >= 15 is 0 Å². The highest BCUT2D eigenvalue weighted by molar-refractivity contribution is 6.00. The number of nitrogens with zero attached hydrogens (tertiary/aromatic N) is 12. The van der Waals surface area contributed by atoms with Crippen LogP contribution >= 0.6 is 0 Å². The molecule has 0 saturated heterocycles. The van der Waals surface area contributed by atoms with Gasteiger partial charge in [0.1, 0.15) is 11.1 Å². The largest absolute Gasteiger partial charge is 0.310 e. The van der Waals surface area contributed by atoms with Crippen molar-refractivity contribution >= 4 is 136 Å². The van der Waals surface area contributed by atoms with Crippen LogP contribution in [0.1, 0.15) is 128 Å². The molecule has 3 aromatic heterocycles. The highest BCUT2D eigenvalue weighted by Crippen LogP contribution is 2.66. The number of para-hydroxylation sites is 15. The molecular weight excluding hydrogens is 1740 g/mol. The van der Waals surface area contributed by atoms with Crippen molar-refractivity contribution in [1.29, 1.82) is 0 Å². The highest BCUT2D eigenvalue weighted by atomic mass is 15.4. The summed E-state index contributed by atoms with van der Waals surface area (Å²) in [6.07, 6.45) is 0. The van der Waals surface area contributed by atoms with Crippen LogP contribution in [0.15, 0.2) is 473 Å². The molecule has 12 heteroatoms. The summed E-state index contributed by atoms with van der Waals surface area (Å²) >= 11 is 0. The first-order chi connectivity index (χ1) is 70.0. The zero-order valence-corrected chi connectivity index (χ0v) is 80.9. The van der Waals surface area contributed by atoms with Crippen molar-refractivity contribution in [3.05, 3.63) is 546 Å². The number of benzene rings is 19. The van der Waals surface area contributed by atoms with Gasteiger partial charge in [-0.3, -0.25) is 28.4 Å². The lowest BCUT2D eigenvalue weighted by Crippen LogP contribution is -2.43. The van der Waals surface area contributed by atoms with Crippen LogP contribution in [0.4, 0.5) is 103 Å². The molecule has 19 aromatic carbocycles. The van der Waals surface area contributed by atoms with E-state index < -0.39 is 11.1 Å². The van der Waals surface area contributed by atoms with E-state index in [0.29, 0.717) is 0 Å². The maximum absolute atomic E-state index is 5.48. The van der Waals surface area contributed by atoms with E-state index in [1.807, 2.05) is 0 Å². The Kier molecular flexibility index (Phi) is 18.9. The van der Waals surface area contributed by atoms with Gasteiger partial charge in [0, 0.05) is 67.1 Å². The van der Waals surface area contributed by atoms with Gasteiger partial charge < -0.3 is 14.7 Å². The molecule has 0 N–H and O–H groups in total. The fraction of sp³-hybridized carbons (Fsp3) is 0.107. The van der Waals surface area contributed by atoms with Crippen molar-refractivity contribution in [3.8, 4) is 11.1 Å². The molecule has 1 spiro atoms. The van der Waals surface area contributed by atoms with Crippen molar-refractivity contribution in [3.63, 3.8) is 0 Å². The molecule has 143 heavy (non-hydrogen) atoms. The van der Waals surface area contributed by atoms with E-state index in [-0.39, 0.29) is 21.8 Å². The van der Waals surface area contributed by atoms with Crippen molar-refractivity contribution < 1.29 is 0 Å². The summed E-state index contributed by atoms with van der Waals surface area (Å²) in [5, 5.41) is 0. The van der Waals surface area contributed by atoms with Gasteiger partial charge in [-0.1, -0.05) is 369 Å². The Morgan fingerprint density at radius 2 is 0.406 bits per heavy atom. The van der Waals surface area contributed by atoms with Crippen molar-refractivity contribution in [2.24, 2.45) is 0 Å². The average Bonchev–Trinajstić information content (AvgIpc) is 1.51. The van der Waals surface area contributed by atoms with E-state index in [1.54, 1.807) is 0 Å². The van der Waals surface area contributed by atoms with E-state index in [0.717, 1.165) is 102 Å². The summed E-state index contributed by atoms with van der Waals surface area (Å²) in [6, 6.07) is 172. The molecule has 0 saturated carbocycles. The monoisotopic (exact) mass is 1840 g/mol. The van der Waals surface area contributed by atoms with Crippen molar-refractivity contribution in [1.82, 2.24) is 28.7 Å². The standard InChI is InChI=1S/C47H34N4.C47H36N4.C37H32N4/c1-46(2)37-22-10-13-25-41(37)49(42-26-14-11-23-38(42)46)32-28-29-39-44(30-32)50(31-16-4-3-5-17-31)45-48-40-24-12-15-27-43(40)51(45)47(39)35-20-8-6-18-33(35)34-19-7-9-21-36(34)47;1-46(2)37-24-12-15-27-41(37)49(42-28-16-13-25-38(42)46)36-30-31-39-44(32-36)50(35-22-10-5-11-23-35)45-48-40-26-14-17-29-43(40)51(45)47(39,33-18-6-3-7-19-33)34-20-8-4-9-21-34;1-36(2)27-16-8-11-19-31(27)39(32-20-12-9-17-28(32)36)26-22-23-29-34(24-26)40(25-14-6-5-7-15-25)35-38-30-18-10-13-21-33(30)41(35)37(29,3)4/h3-30H,1-2H3;3-32H,1-2H3;5-24H,1-4H3. The molecule has 12 nitrogen and oxygen atoms in total. The Labute approximate surface area is 833 Å². The van der Waals surface area contributed by atoms with Gasteiger partial charge in [0.2, 0.25) is 17.8 Å². The molecule has 0 bridgehead atoms. The first-order valence-corrected chi connectivity index (χ1v) is 49.7. The summed E-state index contributed by atoms with van der Waals surface area (Å²) < 4.78 is 7.37.